The van der Waals surface area contributed by atoms with Crippen LogP contribution in [-0.4, -0.2) is 13.3 Å². The van der Waals surface area contributed by atoms with E-state index in [0.29, 0.717) is 12.1 Å². The molecule has 1 rings (SSSR count). The van der Waals surface area contributed by atoms with Crippen LogP contribution in [0.2, 0.25) is 0 Å². The highest BCUT2D eigenvalue weighted by Crippen LogP contribution is 2.16. The third-order valence-electron chi connectivity index (χ3n) is 1.73. The van der Waals surface area contributed by atoms with E-state index in [1.54, 1.807) is 7.05 Å². The number of aldehydes is 1. The minimum absolute atomic E-state index is 0.0113. The van der Waals surface area contributed by atoms with Gasteiger partial charge in [0.05, 0.1) is 5.88 Å². The van der Waals surface area contributed by atoms with Gasteiger partial charge in [-0.15, -0.1) is 11.6 Å². The molecule has 0 aliphatic rings. The van der Waals surface area contributed by atoms with Gasteiger partial charge in [-0.2, -0.15) is 0 Å². The monoisotopic (exact) mass is 279 g/mol. The van der Waals surface area contributed by atoms with Gasteiger partial charge in [0.2, 0.25) is 0 Å². The summed E-state index contributed by atoms with van der Waals surface area (Å²) in [6.07, 6.45) is 0.750. The van der Waals surface area contributed by atoms with E-state index < -0.39 is 11.6 Å². The van der Waals surface area contributed by atoms with E-state index in [-0.39, 0.29) is 11.4 Å². The summed E-state index contributed by atoms with van der Waals surface area (Å²) in [6, 6.07) is 2.30. The van der Waals surface area contributed by atoms with Gasteiger partial charge >= 0.3 is 0 Å². The van der Waals surface area contributed by atoms with Crippen LogP contribution in [0.5, 0.6) is 0 Å². The summed E-state index contributed by atoms with van der Waals surface area (Å²) in [7, 11) is 1.67. The fraction of sp³-hybridized carbons (Fsp3) is 0.462. The Morgan fingerprint density at radius 1 is 1.22 bits per heavy atom. The van der Waals surface area contributed by atoms with Crippen molar-refractivity contribution in [2.75, 3.05) is 7.05 Å². The minimum Gasteiger partial charge on any atom is -0.316 e. The molecule has 0 amide bonds. The molecule has 0 bridgehead atoms. The normalized spacial score (nSPS) is 8.61. The lowest BCUT2D eigenvalue weighted by Gasteiger charge is -2.05. The zero-order valence-corrected chi connectivity index (χ0v) is 11.9. The zero-order valence-electron chi connectivity index (χ0n) is 11.2. The predicted octanol–water partition coefficient (Wildman–Crippen LogP) is 3.65. The molecule has 18 heavy (non-hydrogen) atoms. The molecule has 1 aromatic rings. The van der Waals surface area contributed by atoms with E-state index in [1.807, 2.05) is 13.8 Å². The summed E-state index contributed by atoms with van der Waals surface area (Å²) in [6.45, 7) is 5.76. The van der Waals surface area contributed by atoms with Gasteiger partial charge < -0.3 is 10.1 Å². The second-order valence-corrected chi connectivity index (χ2v) is 3.20. The van der Waals surface area contributed by atoms with E-state index in [1.165, 1.54) is 13.0 Å². The Morgan fingerprint density at radius 2 is 1.61 bits per heavy atom. The first-order chi connectivity index (χ1) is 8.60. The second kappa shape index (κ2) is 12.5. The average molecular weight is 280 g/mol. The Bertz CT molecular complexity index is 346. The van der Waals surface area contributed by atoms with E-state index in [2.05, 4.69) is 5.32 Å². The molecular weight excluding hydrogens is 260 g/mol. The Balaban J connectivity index is 0. The van der Waals surface area contributed by atoms with Crippen LogP contribution in [0, 0.1) is 11.6 Å². The van der Waals surface area contributed by atoms with Gasteiger partial charge in [-0.3, -0.25) is 0 Å². The molecule has 0 heterocycles. The molecule has 0 aliphatic heterocycles. The maximum atomic E-state index is 13.1. The SMILES string of the molecule is CC.CC=O.CNCc1cc(F)c(CCl)cc1F. The van der Waals surface area contributed by atoms with Gasteiger partial charge in [0.25, 0.3) is 0 Å². The van der Waals surface area contributed by atoms with Crippen molar-refractivity contribution in [3.05, 3.63) is 34.9 Å². The fourth-order valence-electron chi connectivity index (χ4n) is 1.06. The first-order valence-electron chi connectivity index (χ1n) is 5.67. The topological polar surface area (TPSA) is 29.1 Å². The molecule has 0 atom stereocenters. The van der Waals surface area contributed by atoms with Gasteiger partial charge in [-0.1, -0.05) is 13.8 Å². The molecule has 104 valence electrons. The molecule has 0 aromatic heterocycles. The zero-order chi connectivity index (χ0) is 14.6. The van der Waals surface area contributed by atoms with Crippen LogP contribution in [-0.2, 0) is 17.2 Å². The molecule has 0 aliphatic carbocycles. The molecule has 0 unspecified atom stereocenters. The highest BCUT2D eigenvalue weighted by Gasteiger charge is 2.08. The lowest BCUT2D eigenvalue weighted by Crippen LogP contribution is -2.08. The number of nitrogens with one attached hydrogen (secondary N) is 1. The molecule has 1 aromatic carbocycles. The molecule has 0 radical (unpaired) electrons. The van der Waals surface area contributed by atoms with E-state index in [4.69, 9.17) is 16.4 Å². The highest BCUT2D eigenvalue weighted by atomic mass is 35.5. The van der Waals surface area contributed by atoms with Crippen molar-refractivity contribution in [3.8, 4) is 0 Å². The number of rotatable bonds is 3. The number of benzene rings is 1. The number of hydrogen-bond acceptors (Lipinski definition) is 2. The maximum absolute atomic E-state index is 13.1. The molecule has 5 heteroatoms. The summed E-state index contributed by atoms with van der Waals surface area (Å²) in [5, 5.41) is 2.75. The van der Waals surface area contributed by atoms with Crippen molar-refractivity contribution >= 4 is 17.9 Å². The first kappa shape index (κ1) is 19.3. The number of alkyl halides is 1. The van der Waals surface area contributed by atoms with Crippen molar-refractivity contribution < 1.29 is 13.6 Å². The van der Waals surface area contributed by atoms with Crippen LogP contribution in [0.15, 0.2) is 12.1 Å². The summed E-state index contributed by atoms with van der Waals surface area (Å²) in [4.78, 5) is 8.81. The number of carbonyl (C=O) groups is 1. The summed E-state index contributed by atoms with van der Waals surface area (Å²) in [5.41, 5.74) is 0.507. The highest BCUT2D eigenvalue weighted by molar-refractivity contribution is 6.17. The molecule has 0 saturated heterocycles. The minimum atomic E-state index is -0.457. The van der Waals surface area contributed by atoms with E-state index in [9.17, 15) is 8.78 Å². The van der Waals surface area contributed by atoms with Crippen molar-refractivity contribution in [3.63, 3.8) is 0 Å². The predicted molar refractivity (Wildman–Crippen MR) is 71.8 cm³/mol. The third kappa shape index (κ3) is 7.35. The quantitative estimate of drug-likeness (QED) is 0.676. The standard InChI is InChI=1S/C9H10ClF2N.C2H4O.C2H6/c1-13-5-7-3-8(11)6(4-10)2-9(7)12;1-2-3;1-2/h2-3,13H,4-5H2,1H3;2H,1H3;1-2H3. The van der Waals surface area contributed by atoms with Crippen LogP contribution in [0.25, 0.3) is 0 Å². The summed E-state index contributed by atoms with van der Waals surface area (Å²) < 4.78 is 26.2. The van der Waals surface area contributed by atoms with Crippen molar-refractivity contribution in [1.82, 2.24) is 5.32 Å². The van der Waals surface area contributed by atoms with Crippen molar-refractivity contribution in [2.24, 2.45) is 0 Å². The van der Waals surface area contributed by atoms with Crippen LogP contribution < -0.4 is 5.32 Å². The first-order valence-corrected chi connectivity index (χ1v) is 6.21. The van der Waals surface area contributed by atoms with Gasteiger partial charge in [0.1, 0.15) is 17.9 Å². The largest absolute Gasteiger partial charge is 0.316 e. The Morgan fingerprint density at radius 3 is 2.00 bits per heavy atom. The lowest BCUT2D eigenvalue weighted by atomic mass is 10.1. The van der Waals surface area contributed by atoms with Gasteiger partial charge in [-0.25, -0.2) is 8.78 Å². The smallest absolute Gasteiger partial charge is 0.128 e. The van der Waals surface area contributed by atoms with Crippen molar-refractivity contribution in [2.45, 2.75) is 33.2 Å². The van der Waals surface area contributed by atoms with Crippen LogP contribution in [0.3, 0.4) is 0 Å². The lowest BCUT2D eigenvalue weighted by molar-refractivity contribution is -0.106. The third-order valence-corrected chi connectivity index (χ3v) is 2.01. The molecule has 0 saturated carbocycles. The maximum Gasteiger partial charge on any atom is 0.128 e. The van der Waals surface area contributed by atoms with E-state index >= 15 is 0 Å². The Hall–Kier alpha value is -1.00. The summed E-state index contributed by atoms with van der Waals surface area (Å²) >= 11 is 5.41. The Labute approximate surface area is 112 Å². The fourth-order valence-corrected chi connectivity index (χ4v) is 1.26. The van der Waals surface area contributed by atoms with Gasteiger partial charge in [0.15, 0.2) is 0 Å². The van der Waals surface area contributed by atoms with Gasteiger partial charge in [-0.05, 0) is 26.1 Å². The number of halogens is 3. The van der Waals surface area contributed by atoms with Crippen LogP contribution in [0.4, 0.5) is 8.78 Å². The van der Waals surface area contributed by atoms with Crippen LogP contribution >= 0.6 is 11.6 Å². The molecular formula is C13H20ClF2NO. The molecule has 0 fully saturated rings. The van der Waals surface area contributed by atoms with E-state index in [0.717, 1.165) is 12.4 Å². The van der Waals surface area contributed by atoms with Crippen LogP contribution in [0.1, 0.15) is 31.9 Å². The molecule has 1 N–H and O–H groups in total. The Kier molecular flexibility index (Phi) is 13.4. The summed E-state index contributed by atoms with van der Waals surface area (Å²) in [5.74, 6) is -0.893. The molecule has 0 spiro atoms. The van der Waals surface area contributed by atoms with Crippen molar-refractivity contribution in [1.29, 1.82) is 0 Å². The number of carbonyl (C=O) groups excluding carboxylic acids is 1. The van der Waals surface area contributed by atoms with Gasteiger partial charge in [0, 0.05) is 17.7 Å². The second-order valence-electron chi connectivity index (χ2n) is 2.93. The molecule has 2 nitrogen and oxygen atoms in total. The average Bonchev–Trinajstić information content (AvgIpc) is 2.37. The number of hydrogen-bond donors (Lipinski definition) is 1.